The Balaban J connectivity index is 3.07. The first-order chi connectivity index (χ1) is 8.69. The van der Waals surface area contributed by atoms with Crippen molar-refractivity contribution in [1.82, 2.24) is 9.71 Å². The largest absolute Gasteiger partial charge is 0.598 e. The molecule has 1 N–H and O–H groups in total. The van der Waals surface area contributed by atoms with E-state index >= 15 is 0 Å². The van der Waals surface area contributed by atoms with Crippen LogP contribution in [0.15, 0.2) is 31.0 Å². The minimum Gasteiger partial charge on any atom is -0.598 e. The van der Waals surface area contributed by atoms with Gasteiger partial charge in [-0.2, -0.15) is 0 Å². The standard InChI is InChI=1S/C13H18ClIN2OS/c1-5-7-13(15,17-19(18)12(2,3)4)11-9-10(14)6-8-16-11/h5-6,8-9,17H,1,7H2,2-4H3. The molecule has 0 fully saturated rings. The Morgan fingerprint density at radius 3 is 2.68 bits per heavy atom. The maximum absolute atomic E-state index is 12.3. The molecule has 1 rings (SSSR count). The molecule has 0 spiro atoms. The van der Waals surface area contributed by atoms with E-state index in [1.807, 2.05) is 20.8 Å². The van der Waals surface area contributed by atoms with Gasteiger partial charge in [0.2, 0.25) is 0 Å². The molecule has 0 aliphatic carbocycles. The van der Waals surface area contributed by atoms with E-state index in [0.29, 0.717) is 11.4 Å². The fourth-order valence-corrected chi connectivity index (χ4v) is 3.47. The van der Waals surface area contributed by atoms with Gasteiger partial charge in [0.05, 0.1) is 5.69 Å². The van der Waals surface area contributed by atoms with E-state index in [1.54, 1.807) is 24.4 Å². The molecule has 0 aromatic carbocycles. The predicted octanol–water partition coefficient (Wildman–Crippen LogP) is 3.95. The fourth-order valence-electron chi connectivity index (χ4n) is 1.32. The SMILES string of the molecule is C=CCC(I)(N[S+]([O-])C(C)(C)C)c1cc(Cl)ccn1. The summed E-state index contributed by atoms with van der Waals surface area (Å²) in [5, 5.41) is 0.610. The van der Waals surface area contributed by atoms with Gasteiger partial charge in [-0.15, -0.1) is 11.3 Å². The summed E-state index contributed by atoms with van der Waals surface area (Å²) < 4.78 is 14.5. The third kappa shape index (κ3) is 4.90. The molecular formula is C13H18ClIN2OS. The lowest BCUT2D eigenvalue weighted by Crippen LogP contribution is -2.48. The van der Waals surface area contributed by atoms with Gasteiger partial charge >= 0.3 is 0 Å². The highest BCUT2D eigenvalue weighted by molar-refractivity contribution is 14.1. The maximum atomic E-state index is 12.3. The molecular weight excluding hydrogens is 395 g/mol. The van der Waals surface area contributed by atoms with Crippen molar-refractivity contribution in [2.24, 2.45) is 0 Å². The summed E-state index contributed by atoms with van der Waals surface area (Å²) in [6.07, 6.45) is 4.03. The minimum atomic E-state index is -1.20. The summed E-state index contributed by atoms with van der Waals surface area (Å²) in [6, 6.07) is 3.50. The van der Waals surface area contributed by atoms with Gasteiger partial charge in [0.15, 0.2) is 3.55 Å². The molecule has 0 radical (unpaired) electrons. The summed E-state index contributed by atoms with van der Waals surface area (Å²) in [7, 11) is 0. The molecule has 106 valence electrons. The zero-order valence-corrected chi connectivity index (χ0v) is 15.0. The van der Waals surface area contributed by atoms with Crippen LogP contribution in [0, 0.1) is 0 Å². The molecule has 1 heterocycles. The number of halogens is 2. The molecule has 2 unspecified atom stereocenters. The summed E-state index contributed by atoms with van der Waals surface area (Å²) in [5.41, 5.74) is 0.748. The van der Waals surface area contributed by atoms with Gasteiger partial charge in [0.1, 0.15) is 4.75 Å². The van der Waals surface area contributed by atoms with E-state index in [4.69, 9.17) is 11.6 Å². The zero-order valence-electron chi connectivity index (χ0n) is 11.2. The normalized spacial score (nSPS) is 16.7. The van der Waals surface area contributed by atoms with Gasteiger partial charge in [-0.1, -0.05) is 17.7 Å². The average Bonchev–Trinajstić information content (AvgIpc) is 2.28. The van der Waals surface area contributed by atoms with E-state index < -0.39 is 14.9 Å². The van der Waals surface area contributed by atoms with Crippen LogP contribution in [-0.2, 0) is 14.9 Å². The zero-order chi connectivity index (χ0) is 14.7. The Morgan fingerprint density at radius 1 is 1.58 bits per heavy atom. The molecule has 0 saturated heterocycles. The first-order valence-electron chi connectivity index (χ1n) is 5.80. The van der Waals surface area contributed by atoms with Crippen LogP contribution in [0.4, 0.5) is 0 Å². The first-order valence-corrected chi connectivity index (χ1v) is 8.41. The summed E-state index contributed by atoms with van der Waals surface area (Å²) in [4.78, 5) is 4.33. The van der Waals surface area contributed by atoms with Crippen molar-refractivity contribution in [1.29, 1.82) is 0 Å². The van der Waals surface area contributed by atoms with E-state index in [-0.39, 0.29) is 4.75 Å². The van der Waals surface area contributed by atoms with Crippen molar-refractivity contribution in [2.75, 3.05) is 0 Å². The van der Waals surface area contributed by atoms with Crippen LogP contribution in [0.3, 0.4) is 0 Å². The molecule has 0 saturated carbocycles. The molecule has 0 bridgehead atoms. The third-order valence-corrected chi connectivity index (χ3v) is 5.87. The van der Waals surface area contributed by atoms with Gasteiger partial charge in [-0.25, -0.2) is 0 Å². The van der Waals surface area contributed by atoms with Gasteiger partial charge in [0, 0.05) is 29.0 Å². The number of pyridine rings is 1. The van der Waals surface area contributed by atoms with E-state index in [0.717, 1.165) is 5.69 Å². The van der Waals surface area contributed by atoms with Crippen molar-refractivity contribution >= 4 is 45.6 Å². The molecule has 1 aromatic heterocycles. The van der Waals surface area contributed by atoms with Crippen LogP contribution >= 0.6 is 34.2 Å². The lowest BCUT2D eigenvalue weighted by atomic mass is 10.1. The number of aromatic nitrogens is 1. The lowest BCUT2D eigenvalue weighted by molar-refractivity contribution is 0.513. The monoisotopic (exact) mass is 412 g/mol. The number of hydrogen-bond acceptors (Lipinski definition) is 3. The van der Waals surface area contributed by atoms with Crippen molar-refractivity contribution in [3.8, 4) is 0 Å². The number of nitrogens with zero attached hydrogens (tertiary/aromatic N) is 1. The Kier molecular flexibility index (Phi) is 6.13. The van der Waals surface area contributed by atoms with E-state index in [2.05, 4.69) is 38.9 Å². The fraction of sp³-hybridized carbons (Fsp3) is 0.462. The highest BCUT2D eigenvalue weighted by atomic mass is 127. The van der Waals surface area contributed by atoms with Gasteiger partial charge in [-0.3, -0.25) is 4.98 Å². The predicted molar refractivity (Wildman–Crippen MR) is 90.8 cm³/mol. The first kappa shape index (κ1) is 17.2. The Labute approximate surface area is 136 Å². The minimum absolute atomic E-state index is 0.351. The van der Waals surface area contributed by atoms with Crippen molar-refractivity contribution in [3.05, 3.63) is 41.7 Å². The Hall–Kier alpha value is 0.180. The topological polar surface area (TPSA) is 48.0 Å². The number of nitrogens with one attached hydrogen (secondary N) is 1. The summed E-state index contributed by atoms with van der Waals surface area (Å²) >= 11 is 7.02. The van der Waals surface area contributed by atoms with Crippen molar-refractivity contribution in [3.63, 3.8) is 0 Å². The molecule has 0 aliphatic rings. The van der Waals surface area contributed by atoms with Crippen LogP contribution in [0.25, 0.3) is 0 Å². The second-order valence-corrected chi connectivity index (χ2v) is 9.38. The summed E-state index contributed by atoms with van der Waals surface area (Å²) in [6.45, 7) is 9.53. The highest BCUT2D eigenvalue weighted by Gasteiger charge is 2.38. The van der Waals surface area contributed by atoms with E-state index in [1.165, 1.54) is 0 Å². The van der Waals surface area contributed by atoms with Crippen LogP contribution in [-0.4, -0.2) is 14.3 Å². The van der Waals surface area contributed by atoms with Crippen molar-refractivity contribution < 1.29 is 4.55 Å². The van der Waals surface area contributed by atoms with Crippen LogP contribution in [0.2, 0.25) is 5.02 Å². The second-order valence-electron chi connectivity index (χ2n) is 5.14. The highest BCUT2D eigenvalue weighted by Crippen LogP contribution is 2.35. The molecule has 2 atom stereocenters. The van der Waals surface area contributed by atoms with Gasteiger partial charge < -0.3 is 4.55 Å². The van der Waals surface area contributed by atoms with Crippen LogP contribution in [0.5, 0.6) is 0 Å². The lowest BCUT2D eigenvalue weighted by Gasteiger charge is -2.32. The number of rotatable bonds is 5. The second kappa shape index (κ2) is 6.76. The maximum Gasteiger partial charge on any atom is 0.159 e. The molecule has 0 amide bonds. The molecule has 3 nitrogen and oxygen atoms in total. The van der Waals surface area contributed by atoms with Crippen LogP contribution < -0.4 is 4.72 Å². The van der Waals surface area contributed by atoms with Crippen molar-refractivity contribution in [2.45, 2.75) is 35.5 Å². The average molecular weight is 413 g/mol. The van der Waals surface area contributed by atoms with Crippen LogP contribution in [0.1, 0.15) is 32.9 Å². The number of hydrogen-bond donors (Lipinski definition) is 1. The molecule has 6 heteroatoms. The Bertz CT molecular complexity index is 453. The smallest absolute Gasteiger partial charge is 0.159 e. The summed E-state index contributed by atoms with van der Waals surface area (Å²) in [5.74, 6) is 0. The quantitative estimate of drug-likeness (QED) is 0.262. The molecule has 19 heavy (non-hydrogen) atoms. The molecule has 1 aromatic rings. The van der Waals surface area contributed by atoms with E-state index in [9.17, 15) is 4.55 Å². The van der Waals surface area contributed by atoms with Gasteiger partial charge in [-0.05, 0) is 55.5 Å². The number of alkyl halides is 1. The third-order valence-electron chi connectivity index (χ3n) is 2.36. The van der Waals surface area contributed by atoms with Gasteiger partial charge in [0.25, 0.3) is 0 Å². The molecule has 0 aliphatic heterocycles. The Morgan fingerprint density at radius 2 is 2.21 bits per heavy atom.